The zero-order valence-electron chi connectivity index (χ0n) is 27.3. The minimum Gasteiger partial charge on any atom is -0.456 e. The van der Waals surface area contributed by atoms with E-state index in [1.54, 1.807) is 26.8 Å². The van der Waals surface area contributed by atoms with E-state index in [1.807, 2.05) is 54.6 Å². The number of rotatable bonds is 10. The third-order valence-electron chi connectivity index (χ3n) is 9.16. The first kappa shape index (κ1) is 34.4. The molecule has 2 aliphatic carbocycles. The Morgan fingerprint density at radius 3 is 2.15 bits per heavy atom. The van der Waals surface area contributed by atoms with Crippen molar-refractivity contribution >= 4 is 17.8 Å². The van der Waals surface area contributed by atoms with Crippen LogP contribution in [0.5, 0.6) is 0 Å². The molecule has 252 valence electrons. The molecule has 10 heteroatoms. The zero-order valence-corrected chi connectivity index (χ0v) is 27.3. The van der Waals surface area contributed by atoms with Crippen LogP contribution in [0.15, 0.2) is 71.8 Å². The Hall–Kier alpha value is -3.92. The highest BCUT2D eigenvalue weighted by Gasteiger charge is 2.49. The van der Waals surface area contributed by atoms with E-state index in [9.17, 15) is 27.6 Å². The Kier molecular flexibility index (Phi) is 10.3. The van der Waals surface area contributed by atoms with E-state index in [1.165, 1.54) is 0 Å². The number of halogens is 3. The molecule has 2 amide bonds. The fourth-order valence-electron chi connectivity index (χ4n) is 7.01. The second kappa shape index (κ2) is 14.1. The van der Waals surface area contributed by atoms with Crippen LogP contribution in [0.3, 0.4) is 0 Å². The van der Waals surface area contributed by atoms with Crippen molar-refractivity contribution in [1.82, 2.24) is 15.5 Å². The van der Waals surface area contributed by atoms with Crippen molar-refractivity contribution in [2.24, 2.45) is 0 Å². The largest absolute Gasteiger partial charge is 0.456 e. The van der Waals surface area contributed by atoms with Crippen molar-refractivity contribution in [3.8, 4) is 11.1 Å². The summed E-state index contributed by atoms with van der Waals surface area (Å²) < 4.78 is 45.0. The number of fused-ring (bicyclic) bond motifs is 3. The number of esters is 1. The standard InChI is InChI=1S/C37H44F3N3O4/c1-35(2,3)47-33(45)29-15-5-4-14-28(29)32(44)42-25-18-22-43(23-19-25)21-11-10-20-36(34(46)41-24-37(38,39)40)30-16-8-6-12-26(30)27-13-7-9-17-31(27)36/h5-9,12-13,15-17,25H,4,10-11,14,18-24H2,1-3H3,(H,41,46)(H,42,44). The number of unbranched alkanes of at least 4 members (excludes halogenated alkanes) is 1. The summed E-state index contributed by atoms with van der Waals surface area (Å²) in [6.45, 7) is 6.36. The van der Waals surface area contributed by atoms with Gasteiger partial charge < -0.3 is 20.3 Å². The summed E-state index contributed by atoms with van der Waals surface area (Å²) in [7, 11) is 0. The molecule has 0 bridgehead atoms. The average Bonchev–Trinajstić information content (AvgIpc) is 3.32. The molecule has 0 atom stereocenters. The van der Waals surface area contributed by atoms with E-state index in [2.05, 4.69) is 15.5 Å². The predicted octanol–water partition coefficient (Wildman–Crippen LogP) is 6.37. The van der Waals surface area contributed by atoms with Crippen LogP contribution < -0.4 is 10.6 Å². The topological polar surface area (TPSA) is 87.7 Å². The van der Waals surface area contributed by atoms with Crippen LogP contribution in [-0.4, -0.2) is 66.7 Å². The predicted molar refractivity (Wildman–Crippen MR) is 174 cm³/mol. The molecule has 0 spiro atoms. The molecule has 47 heavy (non-hydrogen) atoms. The molecule has 0 saturated carbocycles. The molecule has 2 aromatic rings. The molecule has 1 aliphatic heterocycles. The Bertz CT molecular complexity index is 1500. The number of ether oxygens (including phenoxy) is 1. The summed E-state index contributed by atoms with van der Waals surface area (Å²) in [6, 6.07) is 15.0. The number of hydrogen-bond acceptors (Lipinski definition) is 5. The van der Waals surface area contributed by atoms with E-state index >= 15 is 0 Å². The molecule has 0 aromatic heterocycles. The number of amides is 2. The maximum atomic E-state index is 13.7. The van der Waals surface area contributed by atoms with Crippen LogP contribution in [0, 0.1) is 0 Å². The second-order valence-corrected chi connectivity index (χ2v) is 13.7. The van der Waals surface area contributed by atoms with Crippen LogP contribution in [-0.2, 0) is 24.5 Å². The van der Waals surface area contributed by atoms with Gasteiger partial charge in [0.2, 0.25) is 11.8 Å². The van der Waals surface area contributed by atoms with Gasteiger partial charge in [0.05, 0.1) is 5.57 Å². The van der Waals surface area contributed by atoms with Gasteiger partial charge >= 0.3 is 12.1 Å². The lowest BCUT2D eigenvalue weighted by molar-refractivity contribution is -0.149. The summed E-state index contributed by atoms with van der Waals surface area (Å²) in [6.07, 6.45) is 3.57. The maximum Gasteiger partial charge on any atom is 0.405 e. The van der Waals surface area contributed by atoms with Crippen LogP contribution >= 0.6 is 0 Å². The molecule has 2 N–H and O–H groups in total. The van der Waals surface area contributed by atoms with Gasteiger partial charge in [-0.25, -0.2) is 4.79 Å². The highest BCUT2D eigenvalue weighted by molar-refractivity contribution is 6.05. The Morgan fingerprint density at radius 1 is 0.936 bits per heavy atom. The van der Waals surface area contributed by atoms with Crippen molar-refractivity contribution in [2.75, 3.05) is 26.2 Å². The fraction of sp³-hybridized carbons (Fsp3) is 0.486. The number of nitrogens with zero attached hydrogens (tertiary/aromatic N) is 1. The summed E-state index contributed by atoms with van der Waals surface area (Å²) in [5.74, 6) is -1.33. The van der Waals surface area contributed by atoms with Crippen LogP contribution in [0.2, 0.25) is 0 Å². The first-order valence-corrected chi connectivity index (χ1v) is 16.5. The second-order valence-electron chi connectivity index (χ2n) is 13.7. The molecule has 0 unspecified atom stereocenters. The van der Waals surface area contributed by atoms with Gasteiger partial charge in [-0.3, -0.25) is 9.59 Å². The monoisotopic (exact) mass is 651 g/mol. The highest BCUT2D eigenvalue weighted by Crippen LogP contribution is 2.51. The summed E-state index contributed by atoms with van der Waals surface area (Å²) in [5, 5.41) is 5.33. The molecule has 2 aromatic carbocycles. The molecular weight excluding hydrogens is 607 g/mol. The summed E-state index contributed by atoms with van der Waals surface area (Å²) in [5.41, 5.74) is 2.19. The Morgan fingerprint density at radius 2 is 1.55 bits per heavy atom. The number of piperidine rings is 1. The minimum atomic E-state index is -4.51. The average molecular weight is 652 g/mol. The third-order valence-corrected chi connectivity index (χ3v) is 9.16. The van der Waals surface area contributed by atoms with Gasteiger partial charge in [-0.2, -0.15) is 13.2 Å². The third kappa shape index (κ3) is 7.97. The van der Waals surface area contributed by atoms with Crippen molar-refractivity contribution < 1.29 is 32.3 Å². The molecule has 5 rings (SSSR count). The van der Waals surface area contributed by atoms with Crippen LogP contribution in [0.4, 0.5) is 13.2 Å². The van der Waals surface area contributed by atoms with Gasteiger partial charge in [0.1, 0.15) is 17.6 Å². The lowest BCUT2D eigenvalue weighted by Crippen LogP contribution is -2.47. The van der Waals surface area contributed by atoms with E-state index in [0.29, 0.717) is 36.8 Å². The molecule has 1 heterocycles. The van der Waals surface area contributed by atoms with E-state index in [4.69, 9.17) is 4.74 Å². The number of benzene rings is 2. The van der Waals surface area contributed by atoms with E-state index in [0.717, 1.165) is 61.2 Å². The van der Waals surface area contributed by atoms with Gasteiger partial charge in [-0.15, -0.1) is 0 Å². The molecule has 3 aliphatic rings. The van der Waals surface area contributed by atoms with Gasteiger partial charge in [-0.05, 0) is 88.1 Å². The number of likely N-dealkylation sites (tertiary alicyclic amines) is 1. The van der Waals surface area contributed by atoms with Gasteiger partial charge in [0, 0.05) is 24.7 Å². The SMILES string of the molecule is CC(C)(C)OC(=O)C1=C(C(=O)NC2CCN(CCCCC3(C(=O)NCC(F)(F)F)c4ccccc4-c4ccccc43)CC2)CCC=C1. The van der Waals surface area contributed by atoms with Crippen molar-refractivity contribution in [1.29, 1.82) is 0 Å². The molecular formula is C37H44F3N3O4. The number of allylic oxidation sites excluding steroid dienone is 1. The van der Waals surface area contributed by atoms with E-state index < -0.39 is 35.6 Å². The lowest BCUT2D eigenvalue weighted by atomic mass is 9.73. The first-order valence-electron chi connectivity index (χ1n) is 16.5. The smallest absolute Gasteiger partial charge is 0.405 e. The summed E-state index contributed by atoms with van der Waals surface area (Å²) in [4.78, 5) is 42.0. The fourth-order valence-corrected chi connectivity index (χ4v) is 7.01. The normalized spacial score (nSPS) is 18.0. The number of carbonyl (C=O) groups excluding carboxylic acids is 3. The molecule has 0 radical (unpaired) electrons. The Balaban J connectivity index is 1.18. The first-order chi connectivity index (χ1) is 22.3. The van der Waals surface area contributed by atoms with Gasteiger partial charge in [-0.1, -0.05) is 67.1 Å². The molecule has 1 fully saturated rings. The van der Waals surface area contributed by atoms with Crippen LogP contribution in [0.1, 0.15) is 76.8 Å². The van der Waals surface area contributed by atoms with Crippen LogP contribution in [0.25, 0.3) is 11.1 Å². The quantitative estimate of drug-likeness (QED) is 0.230. The van der Waals surface area contributed by atoms with Gasteiger partial charge in [0.15, 0.2) is 0 Å². The Labute approximate surface area is 274 Å². The van der Waals surface area contributed by atoms with Crippen molar-refractivity contribution in [3.05, 3.63) is 83.0 Å². The van der Waals surface area contributed by atoms with Crippen molar-refractivity contribution in [2.45, 2.75) is 89.0 Å². The minimum absolute atomic E-state index is 0.0101. The number of alkyl halides is 3. The van der Waals surface area contributed by atoms with Gasteiger partial charge in [0.25, 0.3) is 0 Å². The zero-order chi connectivity index (χ0) is 33.8. The van der Waals surface area contributed by atoms with E-state index in [-0.39, 0.29) is 11.9 Å². The number of carbonyl (C=O) groups is 3. The molecule has 7 nitrogen and oxygen atoms in total. The number of hydrogen-bond donors (Lipinski definition) is 2. The lowest BCUT2D eigenvalue weighted by Gasteiger charge is -2.34. The maximum absolute atomic E-state index is 13.7. The number of nitrogens with one attached hydrogen (secondary N) is 2. The summed E-state index contributed by atoms with van der Waals surface area (Å²) >= 11 is 0. The highest BCUT2D eigenvalue weighted by atomic mass is 19.4. The molecule has 1 saturated heterocycles. The van der Waals surface area contributed by atoms with Crippen molar-refractivity contribution in [3.63, 3.8) is 0 Å².